The molecule has 1 amide bonds. The monoisotopic (exact) mass is 301 g/mol. The quantitative estimate of drug-likeness (QED) is 0.859. The predicted octanol–water partition coefficient (Wildman–Crippen LogP) is 3.26. The number of carbonyl (C=O) groups excluding carboxylic acids is 1. The van der Waals surface area contributed by atoms with Gasteiger partial charge in [0.2, 0.25) is 5.91 Å². The molecular formula is C16H15NO3S. The molecule has 5 heteroatoms. The maximum Gasteiger partial charge on any atom is 0.335 e. The number of hydrogen-bond acceptors (Lipinski definition) is 3. The Hall–Kier alpha value is -2.27. The molecule has 2 aromatic rings. The van der Waals surface area contributed by atoms with Crippen LogP contribution in [-0.2, 0) is 10.5 Å². The first kappa shape index (κ1) is 15.1. The average Bonchev–Trinajstić information content (AvgIpc) is 2.48. The second-order valence-corrected chi connectivity index (χ2v) is 5.35. The zero-order valence-electron chi connectivity index (χ0n) is 11.3. The Morgan fingerprint density at radius 2 is 1.67 bits per heavy atom. The van der Waals surface area contributed by atoms with Crippen molar-refractivity contribution < 1.29 is 14.7 Å². The van der Waals surface area contributed by atoms with Crippen molar-refractivity contribution in [3.63, 3.8) is 0 Å². The summed E-state index contributed by atoms with van der Waals surface area (Å²) in [7, 11) is 0. The standard InChI is InChI=1S/C16H15NO3S/c18-15(17-13-7-2-1-3-8-13)11-21-10-12-6-4-5-9-14(12)16(19)20/h1-9H,10-11H2,(H,17,18)(H,19,20). The molecule has 2 N–H and O–H groups in total. The summed E-state index contributed by atoms with van der Waals surface area (Å²) >= 11 is 1.39. The van der Waals surface area contributed by atoms with Gasteiger partial charge in [0, 0.05) is 11.4 Å². The summed E-state index contributed by atoms with van der Waals surface area (Å²) in [6, 6.07) is 16.1. The molecule has 2 aromatic carbocycles. The number of benzene rings is 2. The van der Waals surface area contributed by atoms with Crippen LogP contribution < -0.4 is 5.32 Å². The van der Waals surface area contributed by atoms with Gasteiger partial charge in [0.05, 0.1) is 11.3 Å². The van der Waals surface area contributed by atoms with E-state index in [-0.39, 0.29) is 17.2 Å². The van der Waals surface area contributed by atoms with Crippen LogP contribution in [0.1, 0.15) is 15.9 Å². The summed E-state index contributed by atoms with van der Waals surface area (Å²) in [5.74, 6) is -0.271. The largest absolute Gasteiger partial charge is 0.478 e. The first-order valence-electron chi connectivity index (χ1n) is 6.40. The van der Waals surface area contributed by atoms with Crippen LogP contribution in [-0.4, -0.2) is 22.7 Å². The maximum absolute atomic E-state index is 11.8. The van der Waals surface area contributed by atoms with Crippen LogP contribution in [0.5, 0.6) is 0 Å². The van der Waals surface area contributed by atoms with Gasteiger partial charge in [-0.15, -0.1) is 11.8 Å². The Morgan fingerprint density at radius 1 is 1.00 bits per heavy atom. The van der Waals surface area contributed by atoms with Gasteiger partial charge in [-0.25, -0.2) is 4.79 Å². The highest BCUT2D eigenvalue weighted by Gasteiger charge is 2.09. The van der Waals surface area contributed by atoms with Crippen molar-refractivity contribution in [2.45, 2.75) is 5.75 Å². The van der Waals surface area contributed by atoms with Crippen molar-refractivity contribution in [2.75, 3.05) is 11.1 Å². The van der Waals surface area contributed by atoms with E-state index in [2.05, 4.69) is 5.32 Å². The van der Waals surface area contributed by atoms with Crippen LogP contribution in [0.2, 0.25) is 0 Å². The van der Waals surface area contributed by atoms with E-state index in [4.69, 9.17) is 5.11 Å². The topological polar surface area (TPSA) is 66.4 Å². The molecule has 108 valence electrons. The van der Waals surface area contributed by atoms with Crippen LogP contribution in [0.15, 0.2) is 54.6 Å². The second-order valence-electron chi connectivity index (χ2n) is 4.37. The number of aromatic carboxylic acids is 1. The third-order valence-corrected chi connectivity index (χ3v) is 3.78. The molecule has 0 aliphatic heterocycles. The Balaban J connectivity index is 1.84. The Bertz CT molecular complexity index is 628. The highest BCUT2D eigenvalue weighted by Crippen LogP contribution is 2.17. The first-order valence-corrected chi connectivity index (χ1v) is 7.56. The number of hydrogen-bond donors (Lipinski definition) is 2. The van der Waals surface area contributed by atoms with Crippen molar-refractivity contribution in [3.8, 4) is 0 Å². The first-order chi connectivity index (χ1) is 10.2. The SMILES string of the molecule is O=C(CSCc1ccccc1C(=O)O)Nc1ccccc1. The van der Waals surface area contributed by atoms with Gasteiger partial charge in [0.15, 0.2) is 0 Å². The molecule has 2 rings (SSSR count). The minimum Gasteiger partial charge on any atom is -0.478 e. The lowest BCUT2D eigenvalue weighted by Crippen LogP contribution is -2.14. The minimum absolute atomic E-state index is 0.0981. The molecule has 0 spiro atoms. The van der Waals surface area contributed by atoms with E-state index < -0.39 is 5.97 Å². The molecule has 0 radical (unpaired) electrons. The normalized spacial score (nSPS) is 10.1. The van der Waals surface area contributed by atoms with E-state index in [1.165, 1.54) is 11.8 Å². The molecule has 0 heterocycles. The van der Waals surface area contributed by atoms with Gasteiger partial charge in [-0.05, 0) is 23.8 Å². The van der Waals surface area contributed by atoms with Gasteiger partial charge >= 0.3 is 5.97 Å². The summed E-state index contributed by atoms with van der Waals surface area (Å²) in [5, 5.41) is 11.9. The molecule has 0 aliphatic rings. The predicted molar refractivity (Wildman–Crippen MR) is 84.6 cm³/mol. The fourth-order valence-electron chi connectivity index (χ4n) is 1.83. The molecule has 0 saturated carbocycles. The van der Waals surface area contributed by atoms with Crippen LogP contribution in [0.25, 0.3) is 0 Å². The third kappa shape index (κ3) is 4.65. The van der Waals surface area contributed by atoms with Gasteiger partial charge < -0.3 is 10.4 Å². The lowest BCUT2D eigenvalue weighted by atomic mass is 10.1. The van der Waals surface area contributed by atoms with E-state index >= 15 is 0 Å². The number of carboxylic acid groups (broad SMARTS) is 1. The highest BCUT2D eigenvalue weighted by atomic mass is 32.2. The lowest BCUT2D eigenvalue weighted by molar-refractivity contribution is -0.113. The van der Waals surface area contributed by atoms with E-state index in [1.54, 1.807) is 24.3 Å². The molecule has 0 aliphatic carbocycles. The second kappa shape index (κ2) is 7.50. The van der Waals surface area contributed by atoms with Crippen molar-refractivity contribution in [1.29, 1.82) is 0 Å². The Morgan fingerprint density at radius 3 is 2.38 bits per heavy atom. The number of amides is 1. The van der Waals surface area contributed by atoms with Crippen molar-refractivity contribution in [2.24, 2.45) is 0 Å². The molecule has 0 aromatic heterocycles. The highest BCUT2D eigenvalue weighted by molar-refractivity contribution is 7.99. The molecular weight excluding hydrogens is 286 g/mol. The molecule has 0 atom stereocenters. The number of para-hydroxylation sites is 1. The van der Waals surface area contributed by atoms with Crippen molar-refractivity contribution >= 4 is 29.3 Å². The summed E-state index contributed by atoms with van der Waals surface area (Å²) in [6.45, 7) is 0. The average molecular weight is 301 g/mol. The smallest absolute Gasteiger partial charge is 0.335 e. The molecule has 0 bridgehead atoms. The molecule has 0 saturated heterocycles. The fraction of sp³-hybridized carbons (Fsp3) is 0.125. The summed E-state index contributed by atoms with van der Waals surface area (Å²) < 4.78 is 0. The molecule has 4 nitrogen and oxygen atoms in total. The van der Waals surface area contributed by atoms with E-state index in [1.807, 2.05) is 30.3 Å². The van der Waals surface area contributed by atoms with Crippen LogP contribution in [0.3, 0.4) is 0 Å². The van der Waals surface area contributed by atoms with Crippen molar-refractivity contribution in [1.82, 2.24) is 0 Å². The van der Waals surface area contributed by atoms with Gasteiger partial charge in [-0.1, -0.05) is 36.4 Å². The lowest BCUT2D eigenvalue weighted by Gasteiger charge is -2.07. The fourth-order valence-corrected chi connectivity index (χ4v) is 2.66. The van der Waals surface area contributed by atoms with Crippen LogP contribution in [0, 0.1) is 0 Å². The van der Waals surface area contributed by atoms with E-state index in [0.29, 0.717) is 5.75 Å². The number of thioether (sulfide) groups is 1. The zero-order chi connectivity index (χ0) is 15.1. The van der Waals surface area contributed by atoms with Gasteiger partial charge in [0.25, 0.3) is 0 Å². The Kier molecular flexibility index (Phi) is 5.40. The maximum atomic E-state index is 11.8. The van der Waals surface area contributed by atoms with Gasteiger partial charge in [-0.3, -0.25) is 4.79 Å². The Labute approximate surface area is 127 Å². The number of carboxylic acids is 1. The van der Waals surface area contributed by atoms with E-state index in [0.717, 1.165) is 11.3 Å². The number of nitrogens with one attached hydrogen (secondary N) is 1. The summed E-state index contributed by atoms with van der Waals surface area (Å²) in [4.78, 5) is 22.8. The van der Waals surface area contributed by atoms with Crippen LogP contribution in [0.4, 0.5) is 5.69 Å². The number of anilines is 1. The molecule has 0 unspecified atom stereocenters. The van der Waals surface area contributed by atoms with Crippen molar-refractivity contribution in [3.05, 3.63) is 65.7 Å². The van der Waals surface area contributed by atoms with Crippen LogP contribution >= 0.6 is 11.8 Å². The van der Waals surface area contributed by atoms with E-state index in [9.17, 15) is 9.59 Å². The summed E-state index contributed by atoms with van der Waals surface area (Å²) in [6.07, 6.45) is 0. The molecule has 21 heavy (non-hydrogen) atoms. The minimum atomic E-state index is -0.945. The summed E-state index contributed by atoms with van der Waals surface area (Å²) in [5.41, 5.74) is 1.77. The zero-order valence-corrected chi connectivity index (χ0v) is 12.1. The number of carbonyl (C=O) groups is 2. The third-order valence-electron chi connectivity index (χ3n) is 2.80. The van der Waals surface area contributed by atoms with Gasteiger partial charge in [-0.2, -0.15) is 0 Å². The van der Waals surface area contributed by atoms with Gasteiger partial charge in [0.1, 0.15) is 0 Å². The number of rotatable bonds is 6. The molecule has 0 fully saturated rings.